The predicted molar refractivity (Wildman–Crippen MR) is 85.8 cm³/mol. The Morgan fingerprint density at radius 1 is 1.43 bits per heavy atom. The maximum atomic E-state index is 10.5. The van der Waals surface area contributed by atoms with E-state index >= 15 is 0 Å². The topological polar surface area (TPSA) is 83.0 Å². The fraction of sp³-hybridized carbons (Fsp3) is 0.357. The number of hydrogen-bond acceptors (Lipinski definition) is 4. The summed E-state index contributed by atoms with van der Waals surface area (Å²) >= 11 is 5.09. The molecule has 3 N–H and O–H groups in total. The van der Waals surface area contributed by atoms with E-state index in [1.165, 1.54) is 6.21 Å². The molecular weight excluding hydrogens is 290 g/mol. The summed E-state index contributed by atoms with van der Waals surface area (Å²) in [4.78, 5) is 10.5. The molecule has 0 saturated heterocycles. The minimum absolute atomic E-state index is 0.151. The van der Waals surface area contributed by atoms with E-state index in [0.717, 1.165) is 0 Å². The molecule has 0 unspecified atom stereocenters. The van der Waals surface area contributed by atoms with Crippen LogP contribution in [-0.4, -0.2) is 34.5 Å². The van der Waals surface area contributed by atoms with Crippen molar-refractivity contribution in [2.24, 2.45) is 5.10 Å². The van der Waals surface area contributed by atoms with Crippen molar-refractivity contribution in [3.63, 3.8) is 0 Å². The Kier molecular flexibility index (Phi) is 6.10. The minimum Gasteiger partial charge on any atom is -0.481 e. The molecule has 0 aliphatic carbocycles. The van der Waals surface area contributed by atoms with Gasteiger partial charge in [0.25, 0.3) is 0 Å². The van der Waals surface area contributed by atoms with Gasteiger partial charge in [-0.15, -0.1) is 0 Å². The van der Waals surface area contributed by atoms with E-state index in [4.69, 9.17) is 22.1 Å². The highest BCUT2D eigenvalue weighted by atomic mass is 32.1. The van der Waals surface area contributed by atoms with Crippen LogP contribution < -0.4 is 15.5 Å². The number of hydrogen-bond donors (Lipinski definition) is 3. The molecule has 6 nitrogen and oxygen atoms in total. The number of nitrogens with zero attached hydrogens (tertiary/aromatic N) is 1. The van der Waals surface area contributed by atoms with Gasteiger partial charge in [-0.2, -0.15) is 5.10 Å². The van der Waals surface area contributed by atoms with E-state index in [1.54, 1.807) is 24.3 Å². The molecule has 0 aliphatic heterocycles. The van der Waals surface area contributed by atoms with Crippen LogP contribution in [0.1, 0.15) is 26.3 Å². The number of para-hydroxylation sites is 1. The Morgan fingerprint density at radius 2 is 2.10 bits per heavy atom. The summed E-state index contributed by atoms with van der Waals surface area (Å²) in [5.74, 6) is -0.587. The third-order valence-electron chi connectivity index (χ3n) is 2.13. The normalized spacial score (nSPS) is 11.2. The zero-order chi connectivity index (χ0) is 15.9. The lowest BCUT2D eigenvalue weighted by atomic mass is 10.1. The summed E-state index contributed by atoms with van der Waals surface area (Å²) in [7, 11) is 0. The van der Waals surface area contributed by atoms with Crippen LogP contribution in [0.15, 0.2) is 29.4 Å². The lowest BCUT2D eigenvalue weighted by Gasteiger charge is -2.21. The molecule has 0 saturated carbocycles. The van der Waals surface area contributed by atoms with Crippen molar-refractivity contribution in [3.05, 3.63) is 29.8 Å². The molecule has 0 fully saturated rings. The van der Waals surface area contributed by atoms with Gasteiger partial charge in [-0.1, -0.05) is 12.1 Å². The molecule has 0 spiro atoms. The first-order valence-electron chi connectivity index (χ1n) is 6.33. The number of aliphatic carboxylic acids is 1. The van der Waals surface area contributed by atoms with Gasteiger partial charge in [0.05, 0.1) is 6.21 Å². The number of carbonyl (C=O) groups is 1. The van der Waals surface area contributed by atoms with Crippen molar-refractivity contribution in [1.82, 2.24) is 10.7 Å². The van der Waals surface area contributed by atoms with Gasteiger partial charge < -0.3 is 15.2 Å². The van der Waals surface area contributed by atoms with Crippen LogP contribution in [0.3, 0.4) is 0 Å². The highest BCUT2D eigenvalue weighted by molar-refractivity contribution is 7.80. The van der Waals surface area contributed by atoms with Crippen molar-refractivity contribution in [3.8, 4) is 5.75 Å². The van der Waals surface area contributed by atoms with Crippen LogP contribution in [0.4, 0.5) is 0 Å². The number of carboxylic acid groups (broad SMARTS) is 1. The molecule has 7 heteroatoms. The van der Waals surface area contributed by atoms with Gasteiger partial charge in [0.2, 0.25) is 0 Å². The number of carboxylic acids is 1. The van der Waals surface area contributed by atoms with E-state index in [0.29, 0.717) is 16.4 Å². The molecule has 0 amide bonds. The second kappa shape index (κ2) is 7.58. The molecule has 0 radical (unpaired) electrons. The Labute approximate surface area is 129 Å². The molecule has 0 aromatic heterocycles. The number of nitrogens with one attached hydrogen (secondary N) is 2. The van der Waals surface area contributed by atoms with Crippen molar-refractivity contribution in [2.75, 3.05) is 6.61 Å². The minimum atomic E-state index is -1.03. The maximum Gasteiger partial charge on any atom is 0.341 e. The summed E-state index contributed by atoms with van der Waals surface area (Å²) < 4.78 is 5.17. The number of hydrazone groups is 1. The number of benzene rings is 1. The molecule has 0 bridgehead atoms. The summed E-state index contributed by atoms with van der Waals surface area (Å²) in [6, 6.07) is 7.01. The molecule has 1 aromatic rings. The van der Waals surface area contributed by atoms with Crippen molar-refractivity contribution < 1.29 is 14.6 Å². The average molecular weight is 309 g/mol. The zero-order valence-corrected chi connectivity index (χ0v) is 13.0. The van der Waals surface area contributed by atoms with Crippen LogP contribution in [0.5, 0.6) is 5.75 Å². The number of ether oxygens (including phenoxy) is 1. The standard InChI is InChI=1S/C14H19N3O3S/c1-14(2,3)16-13(21)17-15-8-10-6-4-5-7-11(10)20-9-12(18)19/h4-8H,9H2,1-3H3,(H,18,19)(H2,16,17,21)/b15-8-. The van der Waals surface area contributed by atoms with Gasteiger partial charge in [0, 0.05) is 11.1 Å². The van der Waals surface area contributed by atoms with E-state index < -0.39 is 12.6 Å². The maximum absolute atomic E-state index is 10.5. The first kappa shape index (κ1) is 16.9. The van der Waals surface area contributed by atoms with Crippen molar-refractivity contribution in [2.45, 2.75) is 26.3 Å². The molecule has 21 heavy (non-hydrogen) atoms. The summed E-state index contributed by atoms with van der Waals surface area (Å²) in [6.07, 6.45) is 1.52. The summed E-state index contributed by atoms with van der Waals surface area (Å²) in [6.45, 7) is 5.56. The second-order valence-electron chi connectivity index (χ2n) is 5.29. The fourth-order valence-corrected chi connectivity index (χ4v) is 1.75. The van der Waals surface area contributed by atoms with E-state index in [2.05, 4.69) is 15.8 Å². The molecule has 1 rings (SSSR count). The smallest absolute Gasteiger partial charge is 0.341 e. The van der Waals surface area contributed by atoms with Gasteiger partial charge in [-0.25, -0.2) is 4.79 Å². The third-order valence-corrected chi connectivity index (χ3v) is 2.32. The van der Waals surface area contributed by atoms with Gasteiger partial charge in [-0.05, 0) is 45.1 Å². The summed E-state index contributed by atoms with van der Waals surface area (Å²) in [5, 5.41) is 16.1. The summed E-state index contributed by atoms with van der Waals surface area (Å²) in [5.41, 5.74) is 3.20. The van der Waals surface area contributed by atoms with Crippen LogP contribution in [0, 0.1) is 0 Å². The molecule has 0 atom stereocenters. The van der Waals surface area contributed by atoms with Gasteiger partial charge in [-0.3, -0.25) is 5.43 Å². The van der Waals surface area contributed by atoms with Gasteiger partial charge >= 0.3 is 5.97 Å². The Hall–Kier alpha value is -2.15. The SMILES string of the molecule is CC(C)(C)NC(=S)N/N=C\c1ccccc1OCC(=O)O. The molecule has 0 heterocycles. The van der Waals surface area contributed by atoms with Crippen molar-refractivity contribution >= 4 is 29.5 Å². The highest BCUT2D eigenvalue weighted by Gasteiger charge is 2.10. The quantitative estimate of drug-likeness (QED) is 0.437. The lowest BCUT2D eigenvalue weighted by Crippen LogP contribution is -2.44. The second-order valence-corrected chi connectivity index (χ2v) is 5.70. The average Bonchev–Trinajstić information content (AvgIpc) is 2.35. The monoisotopic (exact) mass is 309 g/mol. The lowest BCUT2D eigenvalue weighted by molar-refractivity contribution is -0.139. The molecule has 0 aliphatic rings. The van der Waals surface area contributed by atoms with E-state index in [9.17, 15) is 4.79 Å². The third kappa shape index (κ3) is 7.26. The number of thiocarbonyl (C=S) groups is 1. The first-order chi connectivity index (χ1) is 9.78. The van der Waals surface area contributed by atoms with Crippen molar-refractivity contribution in [1.29, 1.82) is 0 Å². The first-order valence-corrected chi connectivity index (χ1v) is 6.73. The molecule has 114 valence electrons. The predicted octanol–water partition coefficient (Wildman–Crippen LogP) is 1.75. The van der Waals surface area contributed by atoms with Crippen LogP contribution in [0.2, 0.25) is 0 Å². The van der Waals surface area contributed by atoms with Crippen LogP contribution in [0.25, 0.3) is 0 Å². The molecular formula is C14H19N3O3S. The van der Waals surface area contributed by atoms with E-state index in [1.807, 2.05) is 20.8 Å². The highest BCUT2D eigenvalue weighted by Crippen LogP contribution is 2.15. The molecule has 1 aromatic carbocycles. The van der Waals surface area contributed by atoms with Gasteiger partial charge in [0.15, 0.2) is 11.7 Å². The van der Waals surface area contributed by atoms with Crippen LogP contribution >= 0.6 is 12.2 Å². The number of rotatable bonds is 5. The largest absolute Gasteiger partial charge is 0.481 e. The fourth-order valence-electron chi connectivity index (χ4n) is 1.39. The van der Waals surface area contributed by atoms with E-state index in [-0.39, 0.29) is 5.54 Å². The zero-order valence-electron chi connectivity index (χ0n) is 12.2. The Balaban J connectivity index is 2.63. The van der Waals surface area contributed by atoms with Gasteiger partial charge in [0.1, 0.15) is 5.75 Å². The Bertz CT molecular complexity index is 539. The Morgan fingerprint density at radius 3 is 2.71 bits per heavy atom. The van der Waals surface area contributed by atoms with Crippen LogP contribution in [-0.2, 0) is 4.79 Å².